The van der Waals surface area contributed by atoms with Crippen LogP contribution in [0, 0.1) is 12.8 Å². The zero-order chi connectivity index (χ0) is 14.3. The van der Waals surface area contributed by atoms with Crippen LogP contribution in [0.4, 0.5) is 0 Å². The normalized spacial score (nSPS) is 13.7. The molecule has 1 atom stereocenters. The molecular weight excluding hydrogens is 254 g/mol. The summed E-state index contributed by atoms with van der Waals surface area (Å²) >= 11 is 1.87. The highest BCUT2D eigenvalue weighted by atomic mass is 32.1. The molecule has 2 N–H and O–H groups in total. The third-order valence-electron chi connectivity index (χ3n) is 2.65. The van der Waals surface area contributed by atoms with Crippen LogP contribution in [0.1, 0.15) is 37.4 Å². The molecule has 1 aromatic heterocycles. The minimum atomic E-state index is 0.392. The summed E-state index contributed by atoms with van der Waals surface area (Å²) in [4.78, 5) is 7.40. The van der Waals surface area contributed by atoms with Crippen molar-refractivity contribution in [2.24, 2.45) is 10.9 Å². The topological polar surface area (TPSA) is 36.4 Å². The standard InChI is InChI=1S/C15H27N3S/c1-6-16-15(17-10-11(2)3)18-12(4)9-14-8-7-13(5)19-14/h7-8,11-12H,6,9-10H2,1-5H3,(H2,16,17,18). The molecule has 0 saturated carbocycles. The predicted molar refractivity (Wildman–Crippen MR) is 86.2 cm³/mol. The predicted octanol–water partition coefficient (Wildman–Crippen LogP) is 3.20. The van der Waals surface area contributed by atoms with Crippen molar-refractivity contribution in [2.45, 2.75) is 47.1 Å². The molecule has 0 aliphatic rings. The first-order valence-electron chi connectivity index (χ1n) is 7.11. The maximum atomic E-state index is 4.60. The average Bonchev–Trinajstić information content (AvgIpc) is 2.71. The van der Waals surface area contributed by atoms with Crippen molar-refractivity contribution in [1.82, 2.24) is 10.6 Å². The first-order chi connectivity index (χ1) is 9.01. The van der Waals surface area contributed by atoms with E-state index in [0.717, 1.165) is 25.5 Å². The highest BCUT2D eigenvalue weighted by Crippen LogP contribution is 2.16. The minimum absolute atomic E-state index is 0.392. The summed E-state index contributed by atoms with van der Waals surface area (Å²) < 4.78 is 0. The Morgan fingerprint density at radius 1 is 1.32 bits per heavy atom. The summed E-state index contributed by atoms with van der Waals surface area (Å²) in [7, 11) is 0. The number of nitrogens with zero attached hydrogens (tertiary/aromatic N) is 1. The minimum Gasteiger partial charge on any atom is -0.357 e. The van der Waals surface area contributed by atoms with Crippen LogP contribution in [0.3, 0.4) is 0 Å². The lowest BCUT2D eigenvalue weighted by Gasteiger charge is -2.17. The van der Waals surface area contributed by atoms with Crippen molar-refractivity contribution in [3.8, 4) is 0 Å². The second-order valence-electron chi connectivity index (χ2n) is 5.38. The fourth-order valence-corrected chi connectivity index (χ4v) is 2.79. The Balaban J connectivity index is 2.50. The van der Waals surface area contributed by atoms with E-state index in [0.29, 0.717) is 12.0 Å². The highest BCUT2D eigenvalue weighted by molar-refractivity contribution is 7.11. The zero-order valence-electron chi connectivity index (χ0n) is 12.8. The smallest absolute Gasteiger partial charge is 0.191 e. The second kappa shape index (κ2) is 8.20. The third kappa shape index (κ3) is 6.62. The zero-order valence-corrected chi connectivity index (χ0v) is 13.6. The first kappa shape index (κ1) is 16.0. The summed E-state index contributed by atoms with van der Waals surface area (Å²) in [5.74, 6) is 1.52. The monoisotopic (exact) mass is 281 g/mol. The Kier molecular flexibility index (Phi) is 6.92. The van der Waals surface area contributed by atoms with Gasteiger partial charge in [0.25, 0.3) is 0 Å². The number of hydrogen-bond donors (Lipinski definition) is 2. The Hall–Kier alpha value is -1.03. The lowest BCUT2D eigenvalue weighted by atomic mass is 10.2. The number of nitrogens with one attached hydrogen (secondary N) is 2. The van der Waals surface area contributed by atoms with Gasteiger partial charge in [0, 0.05) is 35.3 Å². The van der Waals surface area contributed by atoms with Gasteiger partial charge >= 0.3 is 0 Å². The molecule has 4 heteroatoms. The van der Waals surface area contributed by atoms with E-state index in [-0.39, 0.29) is 0 Å². The number of guanidine groups is 1. The number of thiophene rings is 1. The van der Waals surface area contributed by atoms with Gasteiger partial charge in [0.2, 0.25) is 0 Å². The van der Waals surface area contributed by atoms with Crippen LogP contribution < -0.4 is 10.6 Å². The quantitative estimate of drug-likeness (QED) is 0.620. The van der Waals surface area contributed by atoms with Crippen LogP contribution in [0.2, 0.25) is 0 Å². The van der Waals surface area contributed by atoms with Crippen molar-refractivity contribution >= 4 is 17.3 Å². The highest BCUT2D eigenvalue weighted by Gasteiger charge is 2.07. The van der Waals surface area contributed by atoms with Crippen molar-refractivity contribution < 1.29 is 0 Å². The Bertz CT molecular complexity index is 396. The number of aliphatic imine (C=N–C) groups is 1. The molecule has 0 amide bonds. The van der Waals surface area contributed by atoms with Gasteiger partial charge in [0.15, 0.2) is 5.96 Å². The van der Waals surface area contributed by atoms with Gasteiger partial charge in [-0.25, -0.2) is 0 Å². The van der Waals surface area contributed by atoms with Gasteiger partial charge in [-0.05, 0) is 38.8 Å². The Morgan fingerprint density at radius 2 is 2.05 bits per heavy atom. The largest absolute Gasteiger partial charge is 0.357 e. The summed E-state index contributed by atoms with van der Waals surface area (Å²) in [6, 6.07) is 4.80. The second-order valence-corrected chi connectivity index (χ2v) is 6.75. The molecule has 3 nitrogen and oxygen atoms in total. The number of aryl methyl sites for hydroxylation is 1. The van der Waals surface area contributed by atoms with E-state index in [1.54, 1.807) is 0 Å². The van der Waals surface area contributed by atoms with E-state index < -0.39 is 0 Å². The molecule has 1 heterocycles. The van der Waals surface area contributed by atoms with Gasteiger partial charge in [-0.15, -0.1) is 11.3 Å². The van der Waals surface area contributed by atoms with Gasteiger partial charge in [-0.1, -0.05) is 13.8 Å². The lowest BCUT2D eigenvalue weighted by molar-refractivity contribution is 0.626. The lowest BCUT2D eigenvalue weighted by Crippen LogP contribution is -2.43. The molecule has 1 rings (SSSR count). The van der Waals surface area contributed by atoms with E-state index in [1.807, 2.05) is 11.3 Å². The van der Waals surface area contributed by atoms with Crippen molar-refractivity contribution in [3.05, 3.63) is 21.9 Å². The maximum Gasteiger partial charge on any atom is 0.191 e. The molecule has 1 unspecified atom stereocenters. The molecule has 0 aromatic carbocycles. The summed E-state index contributed by atoms with van der Waals surface area (Å²) in [5, 5.41) is 6.78. The molecule has 1 aromatic rings. The van der Waals surface area contributed by atoms with Crippen molar-refractivity contribution in [1.29, 1.82) is 0 Å². The van der Waals surface area contributed by atoms with Crippen LogP contribution in [0.25, 0.3) is 0 Å². The molecule has 0 spiro atoms. The fourth-order valence-electron chi connectivity index (χ4n) is 1.77. The van der Waals surface area contributed by atoms with Crippen molar-refractivity contribution in [2.75, 3.05) is 13.1 Å². The van der Waals surface area contributed by atoms with E-state index >= 15 is 0 Å². The van der Waals surface area contributed by atoms with Crippen LogP contribution in [0.5, 0.6) is 0 Å². The average molecular weight is 281 g/mol. The molecule has 0 aliphatic heterocycles. The van der Waals surface area contributed by atoms with Gasteiger partial charge in [-0.3, -0.25) is 4.99 Å². The Morgan fingerprint density at radius 3 is 2.58 bits per heavy atom. The van der Waals surface area contributed by atoms with Gasteiger partial charge in [-0.2, -0.15) is 0 Å². The molecule has 0 bridgehead atoms. The third-order valence-corrected chi connectivity index (χ3v) is 3.67. The first-order valence-corrected chi connectivity index (χ1v) is 7.93. The molecule has 0 aliphatic carbocycles. The van der Waals surface area contributed by atoms with Crippen LogP contribution in [-0.2, 0) is 6.42 Å². The molecule has 0 radical (unpaired) electrons. The summed E-state index contributed by atoms with van der Waals surface area (Å²) in [6.45, 7) is 12.6. The van der Waals surface area contributed by atoms with Crippen LogP contribution in [-0.4, -0.2) is 25.1 Å². The SMILES string of the molecule is CCNC(=NCC(C)C)NC(C)Cc1ccc(C)s1. The molecular formula is C15H27N3S. The fraction of sp³-hybridized carbons (Fsp3) is 0.667. The molecule has 0 fully saturated rings. The molecule has 19 heavy (non-hydrogen) atoms. The number of rotatable bonds is 6. The van der Waals surface area contributed by atoms with Gasteiger partial charge < -0.3 is 10.6 Å². The summed E-state index contributed by atoms with van der Waals surface area (Å²) in [5.41, 5.74) is 0. The van der Waals surface area contributed by atoms with Crippen LogP contribution >= 0.6 is 11.3 Å². The molecule has 0 saturated heterocycles. The van der Waals surface area contributed by atoms with Gasteiger partial charge in [0.05, 0.1) is 0 Å². The van der Waals surface area contributed by atoms with E-state index in [2.05, 4.69) is 62.4 Å². The maximum absolute atomic E-state index is 4.60. The Labute approximate surface area is 121 Å². The molecule has 108 valence electrons. The van der Waals surface area contributed by atoms with E-state index in [9.17, 15) is 0 Å². The summed E-state index contributed by atoms with van der Waals surface area (Å²) in [6.07, 6.45) is 1.05. The van der Waals surface area contributed by atoms with Gasteiger partial charge in [0.1, 0.15) is 0 Å². The van der Waals surface area contributed by atoms with Crippen molar-refractivity contribution in [3.63, 3.8) is 0 Å². The van der Waals surface area contributed by atoms with Crippen LogP contribution in [0.15, 0.2) is 17.1 Å². The van der Waals surface area contributed by atoms with E-state index in [4.69, 9.17) is 0 Å². The van der Waals surface area contributed by atoms with E-state index in [1.165, 1.54) is 9.75 Å². The number of hydrogen-bond acceptors (Lipinski definition) is 2.